The van der Waals surface area contributed by atoms with Gasteiger partial charge in [-0.1, -0.05) is 12.1 Å². The zero-order valence-electron chi connectivity index (χ0n) is 17.0. The number of hydrogen-bond acceptors (Lipinski definition) is 4. The molecule has 0 bridgehead atoms. The number of fused-ring (bicyclic) bond motifs is 2. The van der Waals surface area contributed by atoms with Crippen LogP contribution in [0.4, 0.5) is 0 Å². The maximum atomic E-state index is 12.4. The minimum Gasteiger partial charge on any atom is -0.357 e. The second-order valence-corrected chi connectivity index (χ2v) is 8.26. The standard InChI is InChI=1S/C23H21N5OS/c1-14-26-22-20(28(14)12-15-4-6-17(30-3)7-5-15)10-16(11-25-22)19-13-27(2)23(29)21-18(19)8-9-24-21/h4-11,13,24H,12H2,1-3H3. The van der Waals surface area contributed by atoms with E-state index in [0.717, 1.165) is 40.0 Å². The summed E-state index contributed by atoms with van der Waals surface area (Å²) in [6.07, 6.45) is 7.58. The molecule has 5 aromatic rings. The normalized spacial score (nSPS) is 11.6. The highest BCUT2D eigenvalue weighted by Gasteiger charge is 2.14. The molecule has 1 N–H and O–H groups in total. The third-order valence-corrected chi connectivity index (χ3v) is 6.24. The van der Waals surface area contributed by atoms with Crippen LogP contribution in [-0.4, -0.2) is 30.3 Å². The molecule has 6 nitrogen and oxygen atoms in total. The van der Waals surface area contributed by atoms with Gasteiger partial charge < -0.3 is 14.1 Å². The maximum absolute atomic E-state index is 12.4. The molecule has 0 aliphatic carbocycles. The first kappa shape index (κ1) is 18.7. The predicted molar refractivity (Wildman–Crippen MR) is 122 cm³/mol. The molecule has 5 rings (SSSR count). The quantitative estimate of drug-likeness (QED) is 0.443. The fourth-order valence-electron chi connectivity index (χ4n) is 3.88. The first-order chi connectivity index (χ1) is 14.5. The first-order valence-corrected chi connectivity index (χ1v) is 10.9. The van der Waals surface area contributed by atoms with E-state index in [1.165, 1.54) is 10.5 Å². The molecule has 0 unspecified atom stereocenters. The van der Waals surface area contributed by atoms with E-state index in [-0.39, 0.29) is 5.56 Å². The van der Waals surface area contributed by atoms with Crippen LogP contribution in [0.5, 0.6) is 0 Å². The lowest BCUT2D eigenvalue weighted by Crippen LogP contribution is -2.16. The Labute approximate surface area is 177 Å². The number of H-pyrrole nitrogens is 1. The topological polar surface area (TPSA) is 68.5 Å². The largest absolute Gasteiger partial charge is 0.357 e. The molecular formula is C23H21N5OS. The van der Waals surface area contributed by atoms with Gasteiger partial charge in [-0.3, -0.25) is 4.79 Å². The van der Waals surface area contributed by atoms with Crippen LogP contribution >= 0.6 is 11.8 Å². The van der Waals surface area contributed by atoms with E-state index in [9.17, 15) is 4.79 Å². The average molecular weight is 416 g/mol. The highest BCUT2D eigenvalue weighted by atomic mass is 32.2. The van der Waals surface area contributed by atoms with Gasteiger partial charge in [-0.2, -0.15) is 0 Å². The highest BCUT2D eigenvalue weighted by molar-refractivity contribution is 7.98. The lowest BCUT2D eigenvalue weighted by molar-refractivity contribution is 0.785. The number of aryl methyl sites for hydroxylation is 2. The summed E-state index contributed by atoms with van der Waals surface area (Å²) in [5.41, 5.74) is 5.43. The van der Waals surface area contributed by atoms with Gasteiger partial charge in [0, 0.05) is 53.6 Å². The molecule has 1 aromatic carbocycles. The van der Waals surface area contributed by atoms with Gasteiger partial charge in [0.1, 0.15) is 11.3 Å². The summed E-state index contributed by atoms with van der Waals surface area (Å²) < 4.78 is 3.80. The molecule has 7 heteroatoms. The van der Waals surface area contributed by atoms with Crippen molar-refractivity contribution in [2.24, 2.45) is 7.05 Å². The lowest BCUT2D eigenvalue weighted by Gasteiger charge is -2.10. The van der Waals surface area contributed by atoms with Crippen molar-refractivity contribution in [1.29, 1.82) is 0 Å². The Bertz CT molecular complexity index is 1440. The number of rotatable bonds is 4. The third-order valence-electron chi connectivity index (χ3n) is 5.50. The Balaban J connectivity index is 1.64. The summed E-state index contributed by atoms with van der Waals surface area (Å²) in [5, 5.41) is 0.898. The summed E-state index contributed by atoms with van der Waals surface area (Å²) in [4.78, 5) is 26.0. The van der Waals surface area contributed by atoms with Gasteiger partial charge in [0.2, 0.25) is 0 Å². The molecule has 0 saturated heterocycles. The summed E-state index contributed by atoms with van der Waals surface area (Å²) >= 11 is 1.74. The van der Waals surface area contributed by atoms with Gasteiger partial charge in [0.15, 0.2) is 5.65 Å². The first-order valence-electron chi connectivity index (χ1n) is 9.68. The van der Waals surface area contributed by atoms with Crippen LogP contribution in [0, 0.1) is 6.92 Å². The maximum Gasteiger partial charge on any atom is 0.274 e. The molecular weight excluding hydrogens is 394 g/mol. The molecule has 0 aliphatic heterocycles. The second-order valence-electron chi connectivity index (χ2n) is 7.39. The molecule has 0 fully saturated rings. The number of nitrogens with zero attached hydrogens (tertiary/aromatic N) is 4. The summed E-state index contributed by atoms with van der Waals surface area (Å²) in [5.74, 6) is 0.927. The van der Waals surface area contributed by atoms with E-state index < -0.39 is 0 Å². The molecule has 0 aliphatic rings. The zero-order valence-corrected chi connectivity index (χ0v) is 17.8. The Kier molecular flexibility index (Phi) is 4.47. The van der Waals surface area contributed by atoms with Crippen molar-refractivity contribution in [2.75, 3.05) is 6.26 Å². The number of aromatic amines is 1. The molecule has 4 heterocycles. The van der Waals surface area contributed by atoms with E-state index in [1.807, 2.05) is 25.4 Å². The van der Waals surface area contributed by atoms with Gasteiger partial charge in [0.25, 0.3) is 5.56 Å². The fourth-order valence-corrected chi connectivity index (χ4v) is 4.29. The van der Waals surface area contributed by atoms with E-state index in [2.05, 4.69) is 56.1 Å². The van der Waals surface area contributed by atoms with Crippen LogP contribution in [0.1, 0.15) is 11.4 Å². The van der Waals surface area contributed by atoms with Crippen LogP contribution < -0.4 is 5.56 Å². The van der Waals surface area contributed by atoms with E-state index in [0.29, 0.717) is 5.52 Å². The number of hydrogen-bond donors (Lipinski definition) is 1. The monoisotopic (exact) mass is 415 g/mol. The Morgan fingerprint density at radius 1 is 1.17 bits per heavy atom. The number of thioether (sulfide) groups is 1. The summed E-state index contributed by atoms with van der Waals surface area (Å²) in [6, 6.07) is 12.7. The molecule has 0 amide bonds. The minimum absolute atomic E-state index is 0.0395. The average Bonchev–Trinajstić information content (AvgIpc) is 3.36. The van der Waals surface area contributed by atoms with Gasteiger partial charge in [-0.05, 0) is 43.0 Å². The van der Waals surface area contributed by atoms with Crippen LogP contribution in [0.2, 0.25) is 0 Å². The van der Waals surface area contributed by atoms with Gasteiger partial charge in [-0.25, -0.2) is 9.97 Å². The Hall–Kier alpha value is -3.32. The van der Waals surface area contributed by atoms with Gasteiger partial charge >= 0.3 is 0 Å². The highest BCUT2D eigenvalue weighted by Crippen LogP contribution is 2.29. The van der Waals surface area contributed by atoms with E-state index in [4.69, 9.17) is 0 Å². The number of pyridine rings is 2. The van der Waals surface area contributed by atoms with Crippen LogP contribution in [0.3, 0.4) is 0 Å². The number of aromatic nitrogens is 5. The fraction of sp³-hybridized carbons (Fsp3) is 0.174. The summed E-state index contributed by atoms with van der Waals surface area (Å²) in [7, 11) is 1.77. The molecule has 0 spiro atoms. The van der Waals surface area contributed by atoms with Crippen molar-refractivity contribution in [1.82, 2.24) is 24.1 Å². The lowest BCUT2D eigenvalue weighted by atomic mass is 10.1. The van der Waals surface area contributed by atoms with Crippen molar-refractivity contribution in [3.05, 3.63) is 76.7 Å². The third kappa shape index (κ3) is 3.02. The van der Waals surface area contributed by atoms with Crippen LogP contribution in [0.25, 0.3) is 33.2 Å². The van der Waals surface area contributed by atoms with Crippen molar-refractivity contribution in [3.63, 3.8) is 0 Å². The van der Waals surface area contributed by atoms with Crippen molar-refractivity contribution < 1.29 is 0 Å². The van der Waals surface area contributed by atoms with Crippen molar-refractivity contribution in [2.45, 2.75) is 18.4 Å². The van der Waals surface area contributed by atoms with Crippen LogP contribution in [-0.2, 0) is 13.6 Å². The second kappa shape index (κ2) is 7.18. The van der Waals surface area contributed by atoms with E-state index in [1.54, 1.807) is 29.6 Å². The number of imidazole rings is 1. The molecule has 30 heavy (non-hydrogen) atoms. The molecule has 150 valence electrons. The van der Waals surface area contributed by atoms with Gasteiger partial charge in [0.05, 0.1) is 5.52 Å². The Morgan fingerprint density at radius 2 is 1.97 bits per heavy atom. The summed E-state index contributed by atoms with van der Waals surface area (Å²) in [6.45, 7) is 2.74. The zero-order chi connectivity index (χ0) is 20.8. The molecule has 0 atom stereocenters. The smallest absolute Gasteiger partial charge is 0.274 e. The molecule has 4 aromatic heterocycles. The Morgan fingerprint density at radius 3 is 2.73 bits per heavy atom. The van der Waals surface area contributed by atoms with Crippen LogP contribution in [0.15, 0.2) is 64.7 Å². The van der Waals surface area contributed by atoms with E-state index >= 15 is 0 Å². The molecule has 0 radical (unpaired) electrons. The minimum atomic E-state index is -0.0395. The SMILES string of the molecule is CSc1ccc(Cn2c(C)nc3ncc(-c4cn(C)c(=O)c5[nH]ccc45)cc32)cc1. The van der Waals surface area contributed by atoms with Crippen molar-refractivity contribution in [3.8, 4) is 11.1 Å². The van der Waals surface area contributed by atoms with Crippen molar-refractivity contribution >= 4 is 33.8 Å². The number of nitrogens with one attached hydrogen (secondary N) is 1. The van der Waals surface area contributed by atoms with Gasteiger partial charge in [-0.15, -0.1) is 11.8 Å². The predicted octanol–water partition coefficient (Wildman–Crippen LogP) is 4.36. The molecule has 0 saturated carbocycles. The number of benzene rings is 1.